The Labute approximate surface area is 120 Å². The van der Waals surface area contributed by atoms with Crippen LogP contribution in [0, 0.1) is 0 Å². The molecular weight excluding hydrogens is 280 g/mol. The Kier molecular flexibility index (Phi) is 3.27. The Morgan fingerprint density at radius 2 is 2.10 bits per heavy atom. The third-order valence-electron chi connectivity index (χ3n) is 4.03. The average Bonchev–Trinajstić information content (AvgIpc) is 2.96. The first-order valence-electron chi connectivity index (χ1n) is 6.69. The number of hydrogen-bond donors (Lipinski definition) is 3. The lowest BCUT2D eigenvalue weighted by Crippen LogP contribution is -2.38. The van der Waals surface area contributed by atoms with Gasteiger partial charge in [-0.2, -0.15) is 0 Å². The number of aliphatic hydroxyl groups is 2. The molecule has 9 nitrogen and oxygen atoms in total. The Balaban J connectivity index is 2.00. The number of aliphatic hydroxyl groups excluding tert-OH is 2. The van der Waals surface area contributed by atoms with Gasteiger partial charge in [-0.3, -0.25) is 14.3 Å². The highest BCUT2D eigenvalue weighted by Gasteiger charge is 2.41. The van der Waals surface area contributed by atoms with Gasteiger partial charge in [-0.1, -0.05) is 0 Å². The highest BCUT2D eigenvalue weighted by Crippen LogP contribution is 2.34. The molecule has 116 valence electrons. The molecule has 9 heteroatoms. The molecule has 1 aromatic heterocycles. The number of anilines is 2. The van der Waals surface area contributed by atoms with E-state index < -0.39 is 24.1 Å². The van der Waals surface area contributed by atoms with E-state index in [0.717, 1.165) is 4.57 Å². The first-order chi connectivity index (χ1) is 9.93. The minimum absolute atomic E-state index is 0.277. The largest absolute Gasteiger partial charge is 0.394 e. The molecule has 0 bridgehead atoms. The van der Waals surface area contributed by atoms with E-state index in [1.807, 2.05) is 0 Å². The summed E-state index contributed by atoms with van der Waals surface area (Å²) in [7, 11) is 3.16. The van der Waals surface area contributed by atoms with Gasteiger partial charge in [-0.05, 0) is 0 Å². The van der Waals surface area contributed by atoms with Crippen LogP contribution in [-0.4, -0.2) is 58.5 Å². The molecule has 0 amide bonds. The molecule has 3 atom stereocenters. The molecule has 1 aromatic rings. The van der Waals surface area contributed by atoms with Crippen molar-refractivity contribution in [1.29, 1.82) is 0 Å². The van der Waals surface area contributed by atoms with E-state index in [1.54, 1.807) is 16.8 Å². The van der Waals surface area contributed by atoms with Crippen LogP contribution in [0.25, 0.3) is 0 Å². The SMILES string of the molecule is CN1CN([C@H]2C[C@H](O)[C@@H](CO)O2)c2[nH]c(=O)n(C)c(=O)c21. The molecule has 2 aliphatic heterocycles. The number of H-pyrrole nitrogens is 1. The van der Waals surface area contributed by atoms with E-state index in [0.29, 0.717) is 24.6 Å². The summed E-state index contributed by atoms with van der Waals surface area (Å²) in [6, 6.07) is 0. The summed E-state index contributed by atoms with van der Waals surface area (Å²) in [5.74, 6) is 0.390. The maximum absolute atomic E-state index is 12.2. The van der Waals surface area contributed by atoms with E-state index in [1.165, 1.54) is 7.05 Å². The molecule has 21 heavy (non-hydrogen) atoms. The van der Waals surface area contributed by atoms with E-state index in [-0.39, 0.29) is 12.2 Å². The van der Waals surface area contributed by atoms with Crippen LogP contribution in [0.3, 0.4) is 0 Å². The molecule has 3 heterocycles. The molecule has 0 aromatic carbocycles. The summed E-state index contributed by atoms with van der Waals surface area (Å²) >= 11 is 0. The second kappa shape index (κ2) is 4.86. The van der Waals surface area contributed by atoms with Gasteiger partial charge in [0.15, 0.2) is 0 Å². The van der Waals surface area contributed by atoms with Gasteiger partial charge in [0.2, 0.25) is 0 Å². The number of aromatic amines is 1. The summed E-state index contributed by atoms with van der Waals surface area (Å²) in [6.45, 7) is 0.0847. The number of rotatable bonds is 2. The topological polar surface area (TPSA) is 111 Å². The van der Waals surface area contributed by atoms with E-state index in [4.69, 9.17) is 9.84 Å². The van der Waals surface area contributed by atoms with Crippen molar-refractivity contribution in [3.05, 3.63) is 20.8 Å². The molecule has 0 aliphatic carbocycles. The minimum atomic E-state index is -0.771. The van der Waals surface area contributed by atoms with Crippen molar-refractivity contribution in [2.45, 2.75) is 24.9 Å². The molecule has 0 radical (unpaired) electrons. The predicted molar refractivity (Wildman–Crippen MR) is 74.4 cm³/mol. The highest BCUT2D eigenvalue weighted by atomic mass is 16.5. The summed E-state index contributed by atoms with van der Waals surface area (Å²) in [5, 5.41) is 19.0. The number of aromatic nitrogens is 2. The number of ether oxygens (including phenoxy) is 1. The van der Waals surface area contributed by atoms with Gasteiger partial charge in [0.05, 0.1) is 19.4 Å². The second-order valence-electron chi connectivity index (χ2n) is 5.42. The number of nitrogens with one attached hydrogen (secondary N) is 1. The second-order valence-corrected chi connectivity index (χ2v) is 5.42. The first kappa shape index (κ1) is 14.1. The van der Waals surface area contributed by atoms with Crippen molar-refractivity contribution in [3.8, 4) is 0 Å². The summed E-state index contributed by atoms with van der Waals surface area (Å²) in [5.41, 5.74) is -0.491. The molecule has 0 spiro atoms. The third kappa shape index (κ3) is 2.04. The lowest BCUT2D eigenvalue weighted by atomic mass is 10.2. The zero-order chi connectivity index (χ0) is 15.3. The van der Waals surface area contributed by atoms with Crippen molar-refractivity contribution in [2.24, 2.45) is 7.05 Å². The number of fused-ring (bicyclic) bond motifs is 1. The Morgan fingerprint density at radius 1 is 1.38 bits per heavy atom. The molecule has 1 fully saturated rings. The standard InChI is InChI=1S/C12H18N4O5/c1-14-5-16(8-3-6(18)7(4-17)21-8)10-9(14)11(19)15(2)12(20)13-10/h6-8,17-18H,3-5H2,1-2H3,(H,13,20)/t6-,7+,8+/m0/s1. The number of hydrogen-bond acceptors (Lipinski definition) is 7. The van der Waals surface area contributed by atoms with Crippen LogP contribution in [0.4, 0.5) is 11.5 Å². The Hall–Kier alpha value is -1.84. The van der Waals surface area contributed by atoms with Crippen molar-refractivity contribution in [2.75, 3.05) is 30.1 Å². The molecule has 0 unspecified atom stereocenters. The van der Waals surface area contributed by atoms with Crippen LogP contribution >= 0.6 is 0 Å². The van der Waals surface area contributed by atoms with E-state index >= 15 is 0 Å². The molecule has 3 N–H and O–H groups in total. The van der Waals surface area contributed by atoms with Crippen LogP contribution in [-0.2, 0) is 11.8 Å². The van der Waals surface area contributed by atoms with Gasteiger partial charge >= 0.3 is 5.69 Å². The van der Waals surface area contributed by atoms with Gasteiger partial charge in [0.25, 0.3) is 5.56 Å². The van der Waals surface area contributed by atoms with E-state index in [9.17, 15) is 14.7 Å². The quantitative estimate of drug-likeness (QED) is 0.566. The lowest BCUT2D eigenvalue weighted by molar-refractivity contribution is -0.0220. The van der Waals surface area contributed by atoms with Gasteiger partial charge in [-0.25, -0.2) is 4.79 Å². The zero-order valence-electron chi connectivity index (χ0n) is 11.8. The average molecular weight is 298 g/mol. The highest BCUT2D eigenvalue weighted by molar-refractivity contribution is 5.71. The first-order valence-corrected chi connectivity index (χ1v) is 6.69. The monoisotopic (exact) mass is 298 g/mol. The Morgan fingerprint density at radius 3 is 2.71 bits per heavy atom. The lowest BCUT2D eigenvalue weighted by Gasteiger charge is -2.25. The summed E-state index contributed by atoms with van der Waals surface area (Å²) < 4.78 is 6.60. The minimum Gasteiger partial charge on any atom is -0.394 e. The van der Waals surface area contributed by atoms with Crippen molar-refractivity contribution >= 4 is 11.5 Å². The van der Waals surface area contributed by atoms with Gasteiger partial charge in [-0.15, -0.1) is 0 Å². The third-order valence-corrected chi connectivity index (χ3v) is 4.03. The maximum atomic E-state index is 12.2. The van der Waals surface area contributed by atoms with Crippen molar-refractivity contribution in [3.63, 3.8) is 0 Å². The van der Waals surface area contributed by atoms with Gasteiger partial charge in [0.1, 0.15) is 23.8 Å². The van der Waals surface area contributed by atoms with Crippen molar-refractivity contribution < 1.29 is 14.9 Å². The molecule has 0 saturated carbocycles. The molecular formula is C12H18N4O5. The predicted octanol–water partition coefficient (Wildman–Crippen LogP) is -2.24. The normalized spacial score (nSPS) is 28.3. The fourth-order valence-corrected chi connectivity index (χ4v) is 2.83. The van der Waals surface area contributed by atoms with Crippen LogP contribution in [0.1, 0.15) is 6.42 Å². The van der Waals surface area contributed by atoms with Crippen LogP contribution in [0.2, 0.25) is 0 Å². The van der Waals surface area contributed by atoms with Crippen LogP contribution in [0.5, 0.6) is 0 Å². The maximum Gasteiger partial charge on any atom is 0.329 e. The van der Waals surface area contributed by atoms with Crippen LogP contribution in [0.15, 0.2) is 9.59 Å². The van der Waals surface area contributed by atoms with Crippen molar-refractivity contribution in [1.82, 2.24) is 9.55 Å². The van der Waals surface area contributed by atoms with E-state index in [2.05, 4.69) is 4.98 Å². The fourth-order valence-electron chi connectivity index (χ4n) is 2.83. The number of nitrogens with zero attached hydrogens (tertiary/aromatic N) is 3. The Bertz CT molecular complexity index is 669. The molecule has 1 saturated heterocycles. The van der Waals surface area contributed by atoms with Gasteiger partial charge < -0.3 is 24.7 Å². The van der Waals surface area contributed by atoms with Crippen LogP contribution < -0.4 is 21.0 Å². The summed E-state index contributed by atoms with van der Waals surface area (Å²) in [4.78, 5) is 30.1. The summed E-state index contributed by atoms with van der Waals surface area (Å²) in [6.07, 6.45) is -1.62. The molecule has 3 rings (SSSR count). The molecule has 2 aliphatic rings. The fraction of sp³-hybridized carbons (Fsp3) is 0.667. The van der Waals surface area contributed by atoms with Gasteiger partial charge in [0, 0.05) is 20.5 Å². The zero-order valence-corrected chi connectivity index (χ0v) is 11.8. The smallest absolute Gasteiger partial charge is 0.329 e.